The Labute approximate surface area is 198 Å². The summed E-state index contributed by atoms with van der Waals surface area (Å²) in [6.45, 7) is 9.35. The average molecular weight is 446 g/mol. The second-order valence-electron chi connectivity index (χ2n) is 9.73. The van der Waals surface area contributed by atoms with Crippen LogP contribution in [-0.4, -0.2) is 22.1 Å². The largest absolute Gasteiger partial charge is 0.460 e. The van der Waals surface area contributed by atoms with Gasteiger partial charge in [0.05, 0.1) is 6.07 Å². The Morgan fingerprint density at radius 2 is 1.58 bits per heavy atom. The van der Waals surface area contributed by atoms with Gasteiger partial charge in [0.15, 0.2) is 0 Å². The highest BCUT2D eigenvalue weighted by Gasteiger charge is 2.16. The molecule has 5 nitrogen and oxygen atoms in total. The number of hydrogen-bond donors (Lipinski definition) is 1. The zero-order valence-corrected chi connectivity index (χ0v) is 20.5. The van der Waals surface area contributed by atoms with Crippen LogP contribution in [0.15, 0.2) is 42.6 Å². The van der Waals surface area contributed by atoms with Gasteiger partial charge in [-0.25, -0.2) is 0 Å². The van der Waals surface area contributed by atoms with E-state index in [9.17, 15) is 4.79 Å². The van der Waals surface area contributed by atoms with Gasteiger partial charge in [0, 0.05) is 35.1 Å². The summed E-state index contributed by atoms with van der Waals surface area (Å²) in [5, 5.41) is 12.3. The minimum atomic E-state index is -0.610. The molecule has 0 amide bonds. The molecule has 0 bridgehead atoms. The lowest BCUT2D eigenvalue weighted by Crippen LogP contribution is -2.28. The number of nitriles is 1. The first-order valence-electron chi connectivity index (χ1n) is 11.5. The molecular weight excluding hydrogens is 410 g/mol. The van der Waals surface area contributed by atoms with Gasteiger partial charge in [-0.15, -0.1) is 0 Å². The van der Waals surface area contributed by atoms with Crippen molar-refractivity contribution in [1.82, 2.24) is 4.98 Å². The number of aryl methyl sites for hydroxylation is 1. The molecule has 0 fully saturated rings. The summed E-state index contributed by atoms with van der Waals surface area (Å²) in [6, 6.07) is 14.0. The van der Waals surface area contributed by atoms with Crippen LogP contribution in [0.1, 0.15) is 83.5 Å². The zero-order chi connectivity index (χ0) is 24.3. The first-order valence-corrected chi connectivity index (χ1v) is 11.5. The van der Waals surface area contributed by atoms with Crippen LogP contribution in [0.3, 0.4) is 0 Å². The number of benzene rings is 1. The Morgan fingerprint density at radius 1 is 0.939 bits per heavy atom. The Hall–Kier alpha value is -3.31. The number of hydrogen-bond acceptors (Lipinski definition) is 5. The SMILES string of the molecule is CC(C)(C#N)Nc1ccc(C#Cc2ccc(CCCCCCC(=O)OC(C)(C)C)nc2)cc1. The lowest BCUT2D eigenvalue weighted by atomic mass is 10.1. The Kier molecular flexibility index (Phi) is 9.49. The van der Waals surface area contributed by atoms with Gasteiger partial charge in [0.1, 0.15) is 11.1 Å². The number of anilines is 1. The average Bonchev–Trinajstić information content (AvgIpc) is 2.75. The molecule has 0 aliphatic heterocycles. The number of rotatable bonds is 9. The molecule has 2 aromatic rings. The van der Waals surface area contributed by atoms with Crippen molar-refractivity contribution in [3.63, 3.8) is 0 Å². The van der Waals surface area contributed by atoms with Crippen molar-refractivity contribution in [2.75, 3.05) is 5.32 Å². The minimum absolute atomic E-state index is 0.114. The van der Waals surface area contributed by atoms with Crippen molar-refractivity contribution >= 4 is 11.7 Å². The van der Waals surface area contributed by atoms with Crippen molar-refractivity contribution in [1.29, 1.82) is 5.26 Å². The van der Waals surface area contributed by atoms with Gasteiger partial charge in [0.25, 0.3) is 0 Å². The monoisotopic (exact) mass is 445 g/mol. The van der Waals surface area contributed by atoms with Crippen molar-refractivity contribution in [2.24, 2.45) is 0 Å². The van der Waals surface area contributed by atoms with Crippen LogP contribution in [0, 0.1) is 23.2 Å². The summed E-state index contributed by atoms with van der Waals surface area (Å²) in [7, 11) is 0. The summed E-state index contributed by atoms with van der Waals surface area (Å²) >= 11 is 0. The maximum absolute atomic E-state index is 11.7. The van der Waals surface area contributed by atoms with Gasteiger partial charge < -0.3 is 10.1 Å². The highest BCUT2D eigenvalue weighted by Crippen LogP contribution is 2.15. The molecule has 2 rings (SSSR count). The predicted molar refractivity (Wildman–Crippen MR) is 133 cm³/mol. The van der Waals surface area contributed by atoms with Crippen LogP contribution in [0.25, 0.3) is 0 Å². The van der Waals surface area contributed by atoms with E-state index >= 15 is 0 Å². The highest BCUT2D eigenvalue weighted by atomic mass is 16.6. The number of nitrogens with zero attached hydrogens (tertiary/aromatic N) is 2. The van der Waals surface area contributed by atoms with Crippen LogP contribution in [-0.2, 0) is 16.0 Å². The standard InChI is InChI=1S/C28H35N3O2/c1-27(2,3)33-26(32)11-9-7-6-8-10-24-17-16-23(20-30-24)13-12-22-14-18-25(19-15-22)31-28(4,5)21-29/h14-20,31H,6-11H2,1-5H3. The van der Waals surface area contributed by atoms with E-state index in [2.05, 4.69) is 28.2 Å². The van der Waals surface area contributed by atoms with E-state index in [1.54, 1.807) is 0 Å². The topological polar surface area (TPSA) is 75.0 Å². The molecule has 0 atom stereocenters. The summed E-state index contributed by atoms with van der Waals surface area (Å²) in [5.74, 6) is 6.19. The smallest absolute Gasteiger partial charge is 0.306 e. The van der Waals surface area contributed by atoms with Crippen molar-refractivity contribution in [3.05, 3.63) is 59.4 Å². The Balaban J connectivity index is 1.73. The number of ether oxygens (including phenoxy) is 1. The van der Waals surface area contributed by atoms with E-state index in [-0.39, 0.29) is 5.97 Å². The third-order valence-electron chi connectivity index (χ3n) is 4.78. The summed E-state index contributed by atoms with van der Waals surface area (Å²) in [5.41, 5.74) is 2.72. The Bertz CT molecular complexity index is 999. The molecule has 1 heterocycles. The minimum Gasteiger partial charge on any atom is -0.460 e. The fraction of sp³-hybridized carbons (Fsp3) is 0.464. The maximum Gasteiger partial charge on any atom is 0.306 e. The maximum atomic E-state index is 11.7. The van der Waals surface area contributed by atoms with Gasteiger partial charge in [-0.1, -0.05) is 24.7 Å². The van der Waals surface area contributed by atoms with Gasteiger partial charge in [0.2, 0.25) is 0 Å². The van der Waals surface area contributed by atoms with Crippen molar-refractivity contribution in [3.8, 4) is 17.9 Å². The zero-order valence-electron chi connectivity index (χ0n) is 20.5. The fourth-order valence-corrected chi connectivity index (χ4v) is 3.14. The summed E-state index contributed by atoms with van der Waals surface area (Å²) in [4.78, 5) is 16.2. The van der Waals surface area contributed by atoms with Gasteiger partial charge in [-0.3, -0.25) is 9.78 Å². The second-order valence-corrected chi connectivity index (χ2v) is 9.73. The van der Waals surface area contributed by atoms with Crippen molar-refractivity contribution < 1.29 is 9.53 Å². The molecule has 0 spiro atoms. The first-order chi connectivity index (χ1) is 15.6. The van der Waals surface area contributed by atoms with Gasteiger partial charge in [-0.2, -0.15) is 5.26 Å². The molecule has 1 aromatic carbocycles. The van der Waals surface area contributed by atoms with E-state index < -0.39 is 11.1 Å². The Morgan fingerprint density at radius 3 is 2.18 bits per heavy atom. The van der Waals surface area contributed by atoms with E-state index in [0.29, 0.717) is 6.42 Å². The molecule has 0 radical (unpaired) electrons. The molecule has 1 aromatic heterocycles. The summed E-state index contributed by atoms with van der Waals surface area (Å²) < 4.78 is 5.33. The van der Waals surface area contributed by atoms with Crippen LogP contribution in [0.5, 0.6) is 0 Å². The molecule has 0 aliphatic carbocycles. The first kappa shape index (κ1) is 25.9. The van der Waals surface area contributed by atoms with Crippen LogP contribution >= 0.6 is 0 Å². The van der Waals surface area contributed by atoms with Gasteiger partial charge >= 0.3 is 5.97 Å². The molecule has 174 valence electrons. The van der Waals surface area contributed by atoms with Crippen LogP contribution < -0.4 is 5.32 Å². The molecule has 5 heteroatoms. The fourth-order valence-electron chi connectivity index (χ4n) is 3.14. The van der Waals surface area contributed by atoms with E-state index in [0.717, 1.165) is 54.6 Å². The van der Waals surface area contributed by atoms with E-state index in [1.165, 1.54) is 0 Å². The number of carbonyl (C=O) groups is 1. The van der Waals surface area contributed by atoms with E-state index in [1.807, 2.05) is 77.2 Å². The molecule has 33 heavy (non-hydrogen) atoms. The number of esters is 1. The molecular formula is C28H35N3O2. The molecule has 0 aliphatic rings. The third kappa shape index (κ3) is 10.7. The number of carbonyl (C=O) groups excluding carboxylic acids is 1. The predicted octanol–water partition coefficient (Wildman–Crippen LogP) is 6.03. The number of aromatic nitrogens is 1. The number of unbranched alkanes of at least 4 members (excludes halogenated alkanes) is 3. The van der Waals surface area contributed by atoms with Gasteiger partial charge in [-0.05, 0) is 90.3 Å². The third-order valence-corrected chi connectivity index (χ3v) is 4.78. The quantitative estimate of drug-likeness (QED) is 0.290. The lowest BCUT2D eigenvalue weighted by Gasteiger charge is -2.19. The second kappa shape index (κ2) is 12.1. The number of nitrogens with one attached hydrogen (secondary N) is 1. The normalized spacial score (nSPS) is 11.2. The summed E-state index contributed by atoms with van der Waals surface area (Å²) in [6.07, 6.45) is 7.23. The van der Waals surface area contributed by atoms with Crippen LogP contribution in [0.4, 0.5) is 5.69 Å². The highest BCUT2D eigenvalue weighted by molar-refractivity contribution is 5.69. The molecule has 1 N–H and O–H groups in total. The molecule has 0 saturated heterocycles. The van der Waals surface area contributed by atoms with Crippen molar-refractivity contribution in [2.45, 2.75) is 84.3 Å². The van der Waals surface area contributed by atoms with Crippen LogP contribution in [0.2, 0.25) is 0 Å². The molecule has 0 unspecified atom stereocenters. The van der Waals surface area contributed by atoms with E-state index in [4.69, 9.17) is 10.00 Å². The molecule has 0 saturated carbocycles. The lowest BCUT2D eigenvalue weighted by molar-refractivity contribution is -0.154. The number of pyridine rings is 1.